The number of primary amides is 1. The third-order valence-corrected chi connectivity index (χ3v) is 4.18. The van der Waals surface area contributed by atoms with Crippen LogP contribution in [0.1, 0.15) is 27.5 Å². The summed E-state index contributed by atoms with van der Waals surface area (Å²) < 4.78 is 5.90. The summed E-state index contributed by atoms with van der Waals surface area (Å²) in [5.74, 6) is 0.387. The maximum atomic E-state index is 12.5. The van der Waals surface area contributed by atoms with Crippen molar-refractivity contribution >= 4 is 12.0 Å². The number of nitrogens with two attached hydrogens (primary N) is 1. The first-order chi connectivity index (χ1) is 13.1. The summed E-state index contributed by atoms with van der Waals surface area (Å²) in [6, 6.07) is 15.9. The molecule has 2 amide bonds. The number of amides is 2. The second-order valence-electron chi connectivity index (χ2n) is 5.86. The first kappa shape index (κ1) is 16.6. The molecular weight excluding hydrogens is 346 g/mol. The summed E-state index contributed by atoms with van der Waals surface area (Å²) in [4.78, 5) is 33.9. The minimum atomic E-state index is -0.899. The molecular formula is C20H15N3O4. The first-order valence-electron chi connectivity index (χ1n) is 8.22. The summed E-state index contributed by atoms with van der Waals surface area (Å²) in [5.41, 5.74) is 7.09. The number of para-hydroxylation sites is 2. The van der Waals surface area contributed by atoms with Crippen LogP contribution in [0.15, 0.2) is 73.1 Å². The number of hydroxylamine groups is 2. The maximum absolute atomic E-state index is 12.5. The van der Waals surface area contributed by atoms with Crippen molar-refractivity contribution in [2.24, 2.45) is 5.73 Å². The van der Waals surface area contributed by atoms with Crippen molar-refractivity contribution in [3.8, 4) is 11.5 Å². The Morgan fingerprint density at radius 3 is 2.15 bits per heavy atom. The molecule has 4 rings (SSSR count). The van der Waals surface area contributed by atoms with Crippen LogP contribution in [0.4, 0.5) is 4.79 Å². The lowest BCUT2D eigenvalue weighted by Gasteiger charge is -2.34. The van der Waals surface area contributed by atoms with Crippen LogP contribution >= 0.6 is 0 Å². The number of benzene rings is 2. The number of nitrogens with zero attached hydrogens (tertiary/aromatic N) is 2. The zero-order valence-corrected chi connectivity index (χ0v) is 14.1. The molecule has 0 saturated heterocycles. The second-order valence-corrected chi connectivity index (χ2v) is 5.86. The van der Waals surface area contributed by atoms with Gasteiger partial charge in [-0.15, -0.1) is 5.06 Å². The van der Waals surface area contributed by atoms with Crippen molar-refractivity contribution in [3.05, 3.63) is 89.7 Å². The Kier molecular flexibility index (Phi) is 4.18. The maximum Gasteiger partial charge on any atom is 0.364 e. The molecule has 134 valence electrons. The fourth-order valence-corrected chi connectivity index (χ4v) is 2.99. The summed E-state index contributed by atoms with van der Waals surface area (Å²) in [6.45, 7) is 0. The highest BCUT2D eigenvalue weighted by Gasteiger charge is 2.36. The lowest BCUT2D eigenvalue weighted by Crippen LogP contribution is -2.41. The van der Waals surface area contributed by atoms with Crippen LogP contribution in [0.5, 0.6) is 11.5 Å². The van der Waals surface area contributed by atoms with Crippen LogP contribution in [0.25, 0.3) is 0 Å². The molecule has 27 heavy (non-hydrogen) atoms. The van der Waals surface area contributed by atoms with E-state index in [1.165, 1.54) is 12.4 Å². The Bertz CT molecular complexity index is 961. The molecule has 7 heteroatoms. The quantitative estimate of drug-likeness (QED) is 0.706. The molecule has 0 saturated carbocycles. The van der Waals surface area contributed by atoms with E-state index in [2.05, 4.69) is 4.98 Å². The number of aromatic nitrogens is 1. The highest BCUT2D eigenvalue weighted by molar-refractivity contribution is 5.90. The number of rotatable bonds is 2. The summed E-state index contributed by atoms with van der Waals surface area (Å²) in [6.07, 6.45) is 2.89. The smallest absolute Gasteiger partial charge is 0.364 e. The standard InChI is InChI=1S/C20H15N3O4/c21-20(25)23(27-19(24)13-6-5-11-22-12-13)18-14-7-1-3-9-16(14)26-17-10-4-2-8-15(17)18/h1-12,18H,(H2,21,25). The van der Waals surface area contributed by atoms with Crippen LogP contribution in [0.3, 0.4) is 0 Å². The number of carbonyl (C=O) groups is 2. The second kappa shape index (κ2) is 6.80. The molecule has 0 atom stereocenters. The Morgan fingerprint density at radius 2 is 1.59 bits per heavy atom. The van der Waals surface area contributed by atoms with E-state index in [4.69, 9.17) is 15.3 Å². The van der Waals surface area contributed by atoms with E-state index in [1.54, 1.807) is 36.4 Å². The van der Waals surface area contributed by atoms with Crippen molar-refractivity contribution < 1.29 is 19.2 Å². The van der Waals surface area contributed by atoms with Gasteiger partial charge in [-0.1, -0.05) is 36.4 Å². The molecule has 0 unspecified atom stereocenters. The minimum Gasteiger partial charge on any atom is -0.457 e. The van der Waals surface area contributed by atoms with E-state index in [0.29, 0.717) is 22.6 Å². The number of hydrogen-bond acceptors (Lipinski definition) is 5. The van der Waals surface area contributed by atoms with E-state index in [0.717, 1.165) is 5.06 Å². The van der Waals surface area contributed by atoms with Gasteiger partial charge >= 0.3 is 12.0 Å². The molecule has 2 aromatic carbocycles. The van der Waals surface area contributed by atoms with Crippen molar-refractivity contribution in [3.63, 3.8) is 0 Å². The lowest BCUT2D eigenvalue weighted by molar-refractivity contribution is -0.0901. The third kappa shape index (κ3) is 3.06. The Labute approximate surface area is 154 Å². The van der Waals surface area contributed by atoms with Gasteiger partial charge < -0.3 is 15.3 Å². The molecule has 0 aliphatic carbocycles. The molecule has 7 nitrogen and oxygen atoms in total. The number of hydrogen-bond donors (Lipinski definition) is 1. The van der Waals surface area contributed by atoms with Crippen LogP contribution < -0.4 is 10.5 Å². The average molecular weight is 361 g/mol. The first-order valence-corrected chi connectivity index (χ1v) is 8.22. The monoisotopic (exact) mass is 361 g/mol. The Balaban J connectivity index is 1.77. The van der Waals surface area contributed by atoms with Crippen molar-refractivity contribution in [1.29, 1.82) is 0 Å². The summed E-state index contributed by atoms with van der Waals surface area (Å²) in [5, 5.41) is 0.871. The van der Waals surface area contributed by atoms with Gasteiger partial charge in [0.25, 0.3) is 0 Å². The molecule has 2 heterocycles. The fourth-order valence-electron chi connectivity index (χ4n) is 2.99. The van der Waals surface area contributed by atoms with Crippen molar-refractivity contribution in [2.45, 2.75) is 6.04 Å². The lowest BCUT2D eigenvalue weighted by atomic mass is 9.94. The van der Waals surface area contributed by atoms with E-state index < -0.39 is 18.0 Å². The van der Waals surface area contributed by atoms with Crippen LogP contribution in [-0.4, -0.2) is 22.0 Å². The molecule has 0 radical (unpaired) electrons. The SMILES string of the molecule is NC(=O)N(OC(=O)c1cccnc1)C1c2ccccc2Oc2ccccc21. The fraction of sp³-hybridized carbons (Fsp3) is 0.0500. The molecule has 0 bridgehead atoms. The Morgan fingerprint density at radius 1 is 0.963 bits per heavy atom. The van der Waals surface area contributed by atoms with Gasteiger partial charge in [0.15, 0.2) is 0 Å². The highest BCUT2D eigenvalue weighted by Crippen LogP contribution is 2.45. The Hall–Kier alpha value is -3.87. The predicted octanol–water partition coefficient (Wildman–Crippen LogP) is 3.43. The molecule has 3 aromatic rings. The van der Waals surface area contributed by atoms with E-state index in [-0.39, 0.29) is 5.56 Å². The number of carbonyl (C=O) groups excluding carboxylic acids is 2. The molecule has 1 aliphatic heterocycles. The molecule has 0 fully saturated rings. The van der Waals surface area contributed by atoms with Gasteiger partial charge in [-0.2, -0.15) is 0 Å². The highest BCUT2D eigenvalue weighted by atomic mass is 16.7. The summed E-state index contributed by atoms with van der Waals surface area (Å²) in [7, 11) is 0. The minimum absolute atomic E-state index is 0.206. The molecule has 2 N–H and O–H groups in total. The zero-order chi connectivity index (χ0) is 18.8. The van der Waals surface area contributed by atoms with Gasteiger partial charge in [0.1, 0.15) is 17.5 Å². The molecule has 0 spiro atoms. The molecule has 1 aliphatic rings. The number of urea groups is 1. The normalized spacial score (nSPS) is 12.3. The number of pyridine rings is 1. The van der Waals surface area contributed by atoms with Gasteiger partial charge in [-0.25, -0.2) is 9.59 Å². The van der Waals surface area contributed by atoms with Gasteiger partial charge in [0.05, 0.1) is 5.56 Å². The largest absolute Gasteiger partial charge is 0.457 e. The van der Waals surface area contributed by atoms with Gasteiger partial charge in [0, 0.05) is 23.5 Å². The van der Waals surface area contributed by atoms with Crippen LogP contribution in [0, 0.1) is 0 Å². The number of ether oxygens (including phenoxy) is 1. The van der Waals surface area contributed by atoms with Gasteiger partial charge in [0.2, 0.25) is 0 Å². The van der Waals surface area contributed by atoms with E-state index >= 15 is 0 Å². The van der Waals surface area contributed by atoms with E-state index in [9.17, 15) is 9.59 Å². The van der Waals surface area contributed by atoms with E-state index in [1.807, 2.05) is 24.3 Å². The van der Waals surface area contributed by atoms with Crippen molar-refractivity contribution in [1.82, 2.24) is 10.0 Å². The van der Waals surface area contributed by atoms with Gasteiger partial charge in [-0.3, -0.25) is 4.98 Å². The van der Waals surface area contributed by atoms with Gasteiger partial charge in [-0.05, 0) is 24.3 Å². The van der Waals surface area contributed by atoms with Crippen LogP contribution in [0.2, 0.25) is 0 Å². The topological polar surface area (TPSA) is 94.8 Å². The number of fused-ring (bicyclic) bond motifs is 2. The van der Waals surface area contributed by atoms with Crippen molar-refractivity contribution in [2.75, 3.05) is 0 Å². The third-order valence-electron chi connectivity index (χ3n) is 4.18. The zero-order valence-electron chi connectivity index (χ0n) is 14.1. The molecule has 1 aromatic heterocycles. The average Bonchev–Trinajstić information content (AvgIpc) is 2.71. The van der Waals surface area contributed by atoms with Crippen LogP contribution in [-0.2, 0) is 4.84 Å². The summed E-state index contributed by atoms with van der Waals surface area (Å²) >= 11 is 0. The predicted molar refractivity (Wildman–Crippen MR) is 95.9 cm³/mol.